The molecule has 0 aliphatic heterocycles. The van der Waals surface area contributed by atoms with Crippen LogP contribution in [0.1, 0.15) is 5.56 Å². The summed E-state index contributed by atoms with van der Waals surface area (Å²) in [5, 5.41) is 11.2. The normalized spacial score (nSPS) is 10.4. The molecule has 37 heavy (non-hydrogen) atoms. The zero-order valence-corrected chi connectivity index (χ0v) is 23.4. The zero-order chi connectivity index (χ0) is 25.3. The van der Waals surface area contributed by atoms with E-state index in [1.807, 2.05) is 78.0 Å². The molecule has 187 valence electrons. The van der Waals surface area contributed by atoms with E-state index in [1.54, 1.807) is 24.7 Å². The number of hydrogen-bond acceptors (Lipinski definition) is 4. The first-order valence-corrected chi connectivity index (χ1v) is 13.8. The Hall–Kier alpha value is -3.29. The van der Waals surface area contributed by atoms with Gasteiger partial charge in [0.05, 0.1) is 22.1 Å². The van der Waals surface area contributed by atoms with Crippen molar-refractivity contribution in [1.29, 1.82) is 0 Å². The van der Waals surface area contributed by atoms with Crippen LogP contribution in [-0.2, 0) is 17.3 Å². The molecule has 4 N–H and O–H groups in total. The largest absolute Gasteiger partial charge is 0.593 e. The van der Waals surface area contributed by atoms with Crippen molar-refractivity contribution >= 4 is 70.4 Å². The van der Waals surface area contributed by atoms with Gasteiger partial charge >= 0.3 is 27.0 Å². The molecule has 0 spiro atoms. The van der Waals surface area contributed by atoms with Crippen LogP contribution in [0.15, 0.2) is 113 Å². The fourth-order valence-corrected chi connectivity index (χ4v) is 3.96. The van der Waals surface area contributed by atoms with E-state index in [2.05, 4.69) is 69.8 Å². The number of hydrogen-bond donors (Lipinski definition) is 0. The standard InChI is InChI=1S/C16H11BrN2O.C12H8N2.ClH.H2O.Ru/c17-13-6-7-15(20)12(9-13)10-18-16-8-5-11-3-1-2-4-14(11)19-16;1-3-9-5-6-10-4-2-8-14-12(10)11(9)13-7-1;;;/h1-10,20H;1-8H;1H;1H2;/q;;;;+1. The molecule has 3 heterocycles. The molecule has 0 saturated carbocycles. The van der Waals surface area contributed by atoms with E-state index in [0.29, 0.717) is 11.6 Å². The maximum atomic E-state index is 7.83. The van der Waals surface area contributed by atoms with Gasteiger partial charge in [-0.15, -0.1) is 0 Å². The van der Waals surface area contributed by atoms with Gasteiger partial charge in [-0.05, 0) is 42.5 Å². The molecule has 0 fully saturated rings. The van der Waals surface area contributed by atoms with Crippen molar-refractivity contribution in [2.45, 2.75) is 0 Å². The number of benzene rings is 3. The Kier molecular flexibility index (Phi) is 10.6. The van der Waals surface area contributed by atoms with Gasteiger partial charge in [0, 0.05) is 45.3 Å². The first-order chi connectivity index (χ1) is 17.7. The van der Waals surface area contributed by atoms with Gasteiger partial charge in [-0.2, -0.15) is 0 Å². The van der Waals surface area contributed by atoms with E-state index in [9.17, 15) is 0 Å². The molecular weight excluding hydrogens is 641 g/mol. The molecule has 0 unspecified atom stereocenters. The number of aromatic nitrogens is 3. The van der Waals surface area contributed by atoms with Gasteiger partial charge in [-0.3, -0.25) is 9.97 Å². The van der Waals surface area contributed by atoms with Crippen LogP contribution in [0.5, 0.6) is 5.75 Å². The summed E-state index contributed by atoms with van der Waals surface area (Å²) in [6, 6.07) is 29.4. The Morgan fingerprint density at radius 2 is 1.35 bits per heavy atom. The maximum Gasteiger partial charge on any atom is 0.262 e. The molecule has 6 rings (SSSR count). The van der Waals surface area contributed by atoms with Gasteiger partial charge < -0.3 is 10.6 Å². The quantitative estimate of drug-likeness (QED) is 0.0878. The van der Waals surface area contributed by atoms with E-state index in [0.717, 1.165) is 42.7 Å². The van der Waals surface area contributed by atoms with E-state index in [-0.39, 0.29) is 5.48 Å². The van der Waals surface area contributed by atoms with Gasteiger partial charge in [0.25, 0.3) is 5.75 Å². The summed E-state index contributed by atoms with van der Waals surface area (Å²) in [5.74, 6) is 1.08. The van der Waals surface area contributed by atoms with E-state index in [1.165, 1.54) is 0 Å². The van der Waals surface area contributed by atoms with E-state index >= 15 is 0 Å². The van der Waals surface area contributed by atoms with Crippen LogP contribution in [0.4, 0.5) is 5.82 Å². The van der Waals surface area contributed by atoms with Crippen molar-refractivity contribution in [2.75, 3.05) is 0 Å². The molecule has 0 amide bonds. The number of para-hydroxylation sites is 1. The van der Waals surface area contributed by atoms with E-state index < -0.39 is 0 Å². The average molecular weight is 663 g/mol. The predicted molar refractivity (Wildman–Crippen MR) is 153 cm³/mol. The number of halogens is 2. The number of rotatable bonds is 2. The second kappa shape index (κ2) is 13.9. The van der Waals surface area contributed by atoms with Gasteiger partial charge in [0.1, 0.15) is 0 Å². The minimum atomic E-state index is 0. The summed E-state index contributed by atoms with van der Waals surface area (Å²) in [6.07, 6.45) is 5.27. The summed E-state index contributed by atoms with van der Waals surface area (Å²) in [5.41, 5.74) is 3.63. The van der Waals surface area contributed by atoms with Crippen LogP contribution in [0.25, 0.3) is 32.7 Å². The molecule has 0 saturated heterocycles. The summed E-state index contributed by atoms with van der Waals surface area (Å²) in [6.45, 7) is 0. The summed E-state index contributed by atoms with van der Waals surface area (Å²) < 4.78 is 0.932. The molecule has 3 aromatic carbocycles. The third-order valence-electron chi connectivity index (χ3n) is 5.28. The summed E-state index contributed by atoms with van der Waals surface area (Å²) >= 11 is 5.22. The van der Waals surface area contributed by atoms with Gasteiger partial charge in [-0.25, -0.2) is 9.98 Å². The fourth-order valence-electron chi connectivity index (χ4n) is 3.58. The van der Waals surface area contributed by atoms with Crippen LogP contribution >= 0.6 is 25.6 Å². The van der Waals surface area contributed by atoms with Gasteiger partial charge in [-0.1, -0.05) is 58.4 Å². The molecule has 6 aromatic rings. The van der Waals surface area contributed by atoms with Crippen molar-refractivity contribution in [3.63, 3.8) is 0 Å². The van der Waals surface area contributed by atoms with Crippen LogP contribution in [0.3, 0.4) is 0 Å². The third kappa shape index (κ3) is 7.15. The predicted octanol–water partition coefficient (Wildman–Crippen LogP) is 6.83. The minimum Gasteiger partial charge on any atom is -0.593 e. The van der Waals surface area contributed by atoms with Crippen molar-refractivity contribution in [3.05, 3.63) is 113 Å². The molecule has 0 bridgehead atoms. The Bertz CT molecular complexity index is 1610. The number of aliphatic imine (C=N–C) groups is 1. The van der Waals surface area contributed by atoms with Crippen molar-refractivity contribution in [2.24, 2.45) is 4.99 Å². The first kappa shape index (κ1) is 28.3. The molecule has 0 radical (unpaired) electrons. The Morgan fingerprint density at radius 3 is 2.03 bits per heavy atom. The number of nitrogens with zero attached hydrogens (tertiary/aromatic N) is 4. The molecule has 9 heteroatoms. The molecule has 0 aliphatic rings. The first-order valence-electron chi connectivity index (χ1n) is 10.8. The maximum absolute atomic E-state index is 7.83. The van der Waals surface area contributed by atoms with Crippen LogP contribution < -0.4 is 0 Å². The van der Waals surface area contributed by atoms with Crippen LogP contribution in [-0.4, -0.2) is 31.7 Å². The molecule has 0 atom stereocenters. The third-order valence-corrected chi connectivity index (χ3v) is 5.77. The second-order valence-corrected chi connectivity index (χ2v) is 8.48. The number of fused-ring (bicyclic) bond motifs is 4. The topological polar surface area (TPSA) is 105 Å². The Morgan fingerprint density at radius 1 is 0.757 bits per heavy atom. The van der Waals surface area contributed by atoms with Crippen molar-refractivity contribution in [3.8, 4) is 5.75 Å². The SMILES string of the molecule is O.[Cl][Ru].[OH2+]c1ccc(Br)cc1C=Nc1ccc2ccccc2n1.c1cnc2c(c1)ccc1cccnc12. The molecule has 3 aromatic heterocycles. The Labute approximate surface area is 236 Å². The molecule has 0 aliphatic carbocycles. The summed E-state index contributed by atoms with van der Waals surface area (Å²) in [4.78, 5) is 17.5. The van der Waals surface area contributed by atoms with Crippen molar-refractivity contribution < 1.29 is 27.9 Å². The van der Waals surface area contributed by atoms with Gasteiger partial charge in [0.15, 0.2) is 5.82 Å². The summed E-state index contributed by atoms with van der Waals surface area (Å²) in [7, 11) is 4.57. The fraction of sp³-hybridized carbons (Fsp3) is 0. The molecule has 6 nitrogen and oxygen atoms in total. The van der Waals surface area contributed by atoms with E-state index in [4.69, 9.17) is 5.11 Å². The monoisotopic (exact) mass is 662 g/mol. The second-order valence-electron chi connectivity index (χ2n) is 7.57. The number of pyridine rings is 3. The minimum absolute atomic E-state index is 0. The zero-order valence-electron chi connectivity index (χ0n) is 19.3. The average Bonchev–Trinajstić information content (AvgIpc) is 2.95. The molecular formula is C28H22BrClN4O2Ru+. The van der Waals surface area contributed by atoms with Crippen molar-refractivity contribution in [1.82, 2.24) is 15.0 Å². The van der Waals surface area contributed by atoms with Crippen LogP contribution in [0.2, 0.25) is 0 Å². The smallest absolute Gasteiger partial charge is 0.262 e. The van der Waals surface area contributed by atoms with Crippen LogP contribution in [0, 0.1) is 0 Å². The Balaban J connectivity index is 0.000000197. The van der Waals surface area contributed by atoms with Gasteiger partial charge in [0.2, 0.25) is 0 Å².